The van der Waals surface area contributed by atoms with E-state index in [1.54, 1.807) is 60.8 Å². The molecule has 0 bridgehead atoms. The molecular formula is C21H15Cl2F3N2. The first-order valence-corrected chi connectivity index (χ1v) is 8.99. The molecule has 0 radical (unpaired) electrons. The predicted molar refractivity (Wildman–Crippen MR) is 110 cm³/mol. The minimum absolute atomic E-state index is 0.381. The zero-order valence-corrected chi connectivity index (χ0v) is 15.9. The lowest BCUT2D eigenvalue weighted by molar-refractivity contribution is -0.137. The van der Waals surface area contributed by atoms with Gasteiger partial charge in [0.05, 0.1) is 11.3 Å². The second-order valence-electron chi connectivity index (χ2n) is 5.92. The van der Waals surface area contributed by atoms with E-state index in [1.807, 2.05) is 0 Å². The maximum Gasteiger partial charge on any atom is 0.416 e. The molecule has 144 valence electrons. The summed E-state index contributed by atoms with van der Waals surface area (Å²) in [7, 11) is 0. The molecular weight excluding hydrogens is 408 g/mol. The van der Waals surface area contributed by atoms with Gasteiger partial charge in [0.2, 0.25) is 0 Å². The van der Waals surface area contributed by atoms with Crippen molar-refractivity contribution in [3.8, 4) is 0 Å². The van der Waals surface area contributed by atoms with E-state index in [2.05, 4.69) is 10.6 Å². The standard InChI is InChI=1S/C21H15Cl2F3N2/c22-16-4-8-18(9-5-16)27-13-20(28-19-10-6-17(23)7-11-19)14-2-1-3-15(12-14)21(24,25)26/h1-13,27-28H/b20-13-. The highest BCUT2D eigenvalue weighted by atomic mass is 35.5. The van der Waals surface area contributed by atoms with Crippen LogP contribution in [0.4, 0.5) is 24.5 Å². The Labute approximate surface area is 170 Å². The van der Waals surface area contributed by atoms with Crippen LogP contribution in [-0.2, 0) is 6.18 Å². The number of rotatable bonds is 5. The van der Waals surface area contributed by atoms with E-state index in [0.29, 0.717) is 27.0 Å². The minimum atomic E-state index is -4.43. The van der Waals surface area contributed by atoms with Gasteiger partial charge in [-0.3, -0.25) is 0 Å². The van der Waals surface area contributed by atoms with Gasteiger partial charge in [-0.25, -0.2) is 0 Å². The third-order valence-electron chi connectivity index (χ3n) is 3.85. The Kier molecular flexibility index (Phi) is 6.17. The van der Waals surface area contributed by atoms with Gasteiger partial charge in [0.1, 0.15) is 0 Å². The third-order valence-corrected chi connectivity index (χ3v) is 4.36. The van der Waals surface area contributed by atoms with Crippen LogP contribution in [0.5, 0.6) is 0 Å². The highest BCUT2D eigenvalue weighted by Gasteiger charge is 2.30. The zero-order chi connectivity index (χ0) is 20.1. The Balaban J connectivity index is 1.94. The monoisotopic (exact) mass is 422 g/mol. The van der Waals surface area contributed by atoms with Crippen molar-refractivity contribution < 1.29 is 13.2 Å². The molecule has 0 aliphatic heterocycles. The summed E-state index contributed by atoms with van der Waals surface area (Å²) < 4.78 is 39.3. The predicted octanol–water partition coefficient (Wildman–Crippen LogP) is 7.53. The van der Waals surface area contributed by atoms with Crippen molar-refractivity contribution in [3.63, 3.8) is 0 Å². The van der Waals surface area contributed by atoms with Crippen molar-refractivity contribution in [3.05, 3.63) is 100 Å². The maximum absolute atomic E-state index is 13.1. The van der Waals surface area contributed by atoms with Crippen LogP contribution in [0.15, 0.2) is 79.0 Å². The largest absolute Gasteiger partial charge is 0.416 e. The van der Waals surface area contributed by atoms with Gasteiger partial charge in [-0.2, -0.15) is 13.2 Å². The molecule has 28 heavy (non-hydrogen) atoms. The lowest BCUT2D eigenvalue weighted by Crippen LogP contribution is -2.07. The average molecular weight is 423 g/mol. The second kappa shape index (κ2) is 8.59. The molecule has 0 aliphatic carbocycles. The Hall–Kier alpha value is -2.63. The van der Waals surface area contributed by atoms with E-state index in [9.17, 15) is 13.2 Å². The summed E-state index contributed by atoms with van der Waals surface area (Å²) in [6, 6.07) is 19.0. The Bertz CT molecular complexity index is 966. The second-order valence-corrected chi connectivity index (χ2v) is 6.79. The quantitative estimate of drug-likeness (QED) is 0.443. The van der Waals surface area contributed by atoms with Crippen LogP contribution in [-0.4, -0.2) is 0 Å². The number of anilines is 2. The molecule has 0 fully saturated rings. The molecule has 3 rings (SSSR count). The molecule has 0 aliphatic rings. The molecule has 0 heterocycles. The number of alkyl halides is 3. The van der Waals surface area contributed by atoms with E-state index in [4.69, 9.17) is 23.2 Å². The van der Waals surface area contributed by atoms with Gasteiger partial charge in [-0.05, 0) is 60.7 Å². The van der Waals surface area contributed by atoms with Crippen LogP contribution in [0, 0.1) is 0 Å². The van der Waals surface area contributed by atoms with Gasteiger partial charge < -0.3 is 10.6 Å². The van der Waals surface area contributed by atoms with Crippen LogP contribution in [0.2, 0.25) is 10.0 Å². The number of nitrogens with one attached hydrogen (secondary N) is 2. The van der Waals surface area contributed by atoms with E-state index >= 15 is 0 Å². The van der Waals surface area contributed by atoms with Gasteiger partial charge >= 0.3 is 6.18 Å². The smallest absolute Gasteiger partial charge is 0.360 e. The summed E-state index contributed by atoms with van der Waals surface area (Å²) in [5.41, 5.74) is 1.55. The average Bonchev–Trinajstić information content (AvgIpc) is 2.67. The summed E-state index contributed by atoms with van der Waals surface area (Å²) in [6.45, 7) is 0. The fraction of sp³-hybridized carbons (Fsp3) is 0.0476. The van der Waals surface area contributed by atoms with Crippen molar-refractivity contribution in [2.24, 2.45) is 0 Å². The summed E-state index contributed by atoms with van der Waals surface area (Å²) >= 11 is 11.8. The van der Waals surface area contributed by atoms with Crippen molar-refractivity contribution in [1.29, 1.82) is 0 Å². The SMILES string of the molecule is FC(F)(F)c1cccc(/C(=C/Nc2ccc(Cl)cc2)Nc2ccc(Cl)cc2)c1. The molecule has 2 N–H and O–H groups in total. The Morgan fingerprint density at radius 1 is 0.786 bits per heavy atom. The highest BCUT2D eigenvalue weighted by molar-refractivity contribution is 6.30. The van der Waals surface area contributed by atoms with Crippen molar-refractivity contribution >= 4 is 40.3 Å². The summed E-state index contributed by atoms with van der Waals surface area (Å²) in [5.74, 6) is 0. The molecule has 3 aromatic rings. The summed E-state index contributed by atoms with van der Waals surface area (Å²) in [5, 5.41) is 7.35. The first-order chi connectivity index (χ1) is 13.3. The fourth-order valence-corrected chi connectivity index (χ4v) is 2.70. The van der Waals surface area contributed by atoms with Crippen LogP contribution in [0.3, 0.4) is 0 Å². The molecule has 0 aromatic heterocycles. The van der Waals surface area contributed by atoms with E-state index in [0.717, 1.165) is 17.8 Å². The third kappa shape index (κ3) is 5.44. The van der Waals surface area contributed by atoms with Gasteiger partial charge in [0.15, 0.2) is 0 Å². The van der Waals surface area contributed by atoms with E-state index < -0.39 is 11.7 Å². The first kappa shape index (κ1) is 20.1. The molecule has 0 atom stereocenters. The topological polar surface area (TPSA) is 24.1 Å². The van der Waals surface area contributed by atoms with Crippen molar-refractivity contribution in [1.82, 2.24) is 0 Å². The van der Waals surface area contributed by atoms with Gasteiger partial charge in [0.25, 0.3) is 0 Å². The molecule has 0 unspecified atom stereocenters. The molecule has 3 aromatic carbocycles. The normalized spacial score (nSPS) is 12.0. The van der Waals surface area contributed by atoms with Crippen LogP contribution in [0.1, 0.15) is 11.1 Å². The van der Waals surface area contributed by atoms with Crippen molar-refractivity contribution in [2.45, 2.75) is 6.18 Å². The number of hydrogen-bond acceptors (Lipinski definition) is 2. The van der Waals surface area contributed by atoms with Crippen LogP contribution in [0.25, 0.3) is 5.70 Å². The fourth-order valence-electron chi connectivity index (χ4n) is 2.44. The summed E-state index contributed by atoms with van der Waals surface area (Å²) in [6.07, 6.45) is -2.82. The summed E-state index contributed by atoms with van der Waals surface area (Å²) in [4.78, 5) is 0. The van der Waals surface area contributed by atoms with Crippen molar-refractivity contribution in [2.75, 3.05) is 10.6 Å². The molecule has 0 spiro atoms. The van der Waals surface area contributed by atoms with Crippen LogP contribution < -0.4 is 10.6 Å². The molecule has 0 saturated carbocycles. The molecule has 0 amide bonds. The van der Waals surface area contributed by atoms with Gasteiger partial charge in [-0.1, -0.05) is 35.3 Å². The molecule has 7 heteroatoms. The molecule has 0 saturated heterocycles. The van der Waals surface area contributed by atoms with E-state index in [1.165, 1.54) is 6.07 Å². The first-order valence-electron chi connectivity index (χ1n) is 8.24. The zero-order valence-electron chi connectivity index (χ0n) is 14.4. The minimum Gasteiger partial charge on any atom is -0.360 e. The number of benzene rings is 3. The lowest BCUT2D eigenvalue weighted by atomic mass is 10.1. The van der Waals surface area contributed by atoms with Crippen LogP contribution >= 0.6 is 23.2 Å². The van der Waals surface area contributed by atoms with Gasteiger partial charge in [0, 0.05) is 33.2 Å². The van der Waals surface area contributed by atoms with E-state index in [-0.39, 0.29) is 0 Å². The number of halogens is 5. The van der Waals surface area contributed by atoms with Gasteiger partial charge in [-0.15, -0.1) is 0 Å². The maximum atomic E-state index is 13.1. The highest BCUT2D eigenvalue weighted by Crippen LogP contribution is 2.31. The Morgan fingerprint density at radius 3 is 1.93 bits per heavy atom. The lowest BCUT2D eigenvalue weighted by Gasteiger charge is -2.15. The molecule has 2 nitrogen and oxygen atoms in total. The Morgan fingerprint density at radius 2 is 1.36 bits per heavy atom. The number of hydrogen-bond donors (Lipinski definition) is 2.